The fourth-order valence-corrected chi connectivity index (χ4v) is 1.97. The van der Waals surface area contributed by atoms with Crippen molar-refractivity contribution in [3.63, 3.8) is 0 Å². The summed E-state index contributed by atoms with van der Waals surface area (Å²) >= 11 is 0. The topological polar surface area (TPSA) is 78.9 Å². The molecular weight excluding hydrogens is 368 g/mol. The van der Waals surface area contributed by atoms with Crippen molar-refractivity contribution < 1.29 is 19.4 Å². The standard InChI is InChI=1S/C12H17NO2.C6H11NO2.C3H8.C2H6/c1-6-8-11(9(3)7-2)12(15)13(5)10(4)14;1-9-6(8)5-3-2-4-7-5;1-3-2;1-2/h6-8,14H,2,4H2,1,3,5H3;5,7H,2-4H2,1H3;3H2,1-2H3;1-2H3/b8-6-,11-9+;;;. The van der Waals surface area contributed by atoms with Gasteiger partial charge in [-0.05, 0) is 45.4 Å². The van der Waals surface area contributed by atoms with Crippen LogP contribution in [-0.4, -0.2) is 48.6 Å². The van der Waals surface area contributed by atoms with Gasteiger partial charge in [0.05, 0.1) is 7.11 Å². The number of ether oxygens (including phenoxy) is 1. The van der Waals surface area contributed by atoms with E-state index in [1.54, 1.807) is 25.2 Å². The molecule has 2 N–H and O–H groups in total. The second-order valence-corrected chi connectivity index (χ2v) is 5.96. The van der Waals surface area contributed by atoms with Crippen LogP contribution in [0, 0.1) is 0 Å². The lowest BCUT2D eigenvalue weighted by Gasteiger charge is -2.16. The molecule has 0 aromatic heterocycles. The lowest BCUT2D eigenvalue weighted by molar-refractivity contribution is -0.142. The molecule has 0 bridgehead atoms. The molecule has 168 valence electrons. The molecule has 0 spiro atoms. The summed E-state index contributed by atoms with van der Waals surface area (Å²) in [6, 6.07) is -0.0324. The number of nitrogens with zero attached hydrogens (tertiary/aromatic N) is 1. The third-order valence-corrected chi connectivity index (χ3v) is 3.53. The van der Waals surface area contributed by atoms with Crippen molar-refractivity contribution in [1.29, 1.82) is 0 Å². The SMILES string of the molecule is C=C/C(C)=C(\C=C/C)C(=O)N(C)C(=C)O.CC.CCC.COC(=O)C1CCCN1. The average molecular weight is 411 g/mol. The molecule has 0 saturated carbocycles. The van der Waals surface area contributed by atoms with Crippen molar-refractivity contribution in [2.24, 2.45) is 0 Å². The Morgan fingerprint density at radius 3 is 2.14 bits per heavy atom. The van der Waals surface area contributed by atoms with Crippen molar-refractivity contribution >= 4 is 11.9 Å². The molecule has 1 atom stereocenters. The molecule has 1 heterocycles. The van der Waals surface area contributed by atoms with Gasteiger partial charge in [0, 0.05) is 12.6 Å². The van der Waals surface area contributed by atoms with Gasteiger partial charge in [-0.1, -0.05) is 58.9 Å². The van der Waals surface area contributed by atoms with Gasteiger partial charge in [-0.2, -0.15) is 0 Å². The number of amides is 1. The van der Waals surface area contributed by atoms with E-state index in [2.05, 4.69) is 37.1 Å². The number of hydrogen-bond acceptors (Lipinski definition) is 5. The lowest BCUT2D eigenvalue weighted by atomic mass is 10.1. The summed E-state index contributed by atoms with van der Waals surface area (Å²) in [7, 11) is 2.88. The number of aliphatic hydroxyl groups excluding tert-OH is 1. The summed E-state index contributed by atoms with van der Waals surface area (Å²) < 4.78 is 4.53. The van der Waals surface area contributed by atoms with Crippen molar-refractivity contribution in [2.75, 3.05) is 20.7 Å². The van der Waals surface area contributed by atoms with E-state index in [0.29, 0.717) is 5.57 Å². The van der Waals surface area contributed by atoms with Gasteiger partial charge in [-0.25, -0.2) is 0 Å². The third kappa shape index (κ3) is 14.3. The van der Waals surface area contributed by atoms with E-state index in [1.165, 1.54) is 20.6 Å². The first-order valence-electron chi connectivity index (χ1n) is 10.1. The van der Waals surface area contributed by atoms with Gasteiger partial charge in [0.2, 0.25) is 0 Å². The number of esters is 1. The van der Waals surface area contributed by atoms with Gasteiger partial charge in [0.15, 0.2) is 5.88 Å². The fourth-order valence-electron chi connectivity index (χ4n) is 1.97. The highest BCUT2D eigenvalue weighted by atomic mass is 16.5. The monoisotopic (exact) mass is 410 g/mol. The molecule has 6 heteroatoms. The van der Waals surface area contributed by atoms with Crippen LogP contribution in [0.15, 0.2) is 48.4 Å². The Labute approximate surface area is 178 Å². The van der Waals surface area contributed by atoms with Gasteiger partial charge < -0.3 is 15.2 Å². The molecule has 1 amide bonds. The zero-order valence-electron chi connectivity index (χ0n) is 19.7. The maximum absolute atomic E-state index is 11.8. The average Bonchev–Trinajstić information content (AvgIpc) is 3.27. The Balaban J connectivity index is -0.000000407. The number of hydrogen-bond donors (Lipinski definition) is 2. The maximum atomic E-state index is 11.8. The van der Waals surface area contributed by atoms with Crippen LogP contribution in [-0.2, 0) is 14.3 Å². The van der Waals surface area contributed by atoms with E-state index in [9.17, 15) is 9.59 Å². The summed E-state index contributed by atoms with van der Waals surface area (Å²) in [5.74, 6) is -0.718. The smallest absolute Gasteiger partial charge is 0.322 e. The lowest BCUT2D eigenvalue weighted by Crippen LogP contribution is -2.31. The Kier molecular flexibility index (Phi) is 22.1. The molecule has 1 saturated heterocycles. The minimum atomic E-state index is -0.307. The van der Waals surface area contributed by atoms with Gasteiger partial charge >= 0.3 is 5.97 Å². The minimum absolute atomic E-state index is 0.0324. The van der Waals surface area contributed by atoms with Gasteiger partial charge in [-0.15, -0.1) is 0 Å². The molecule has 0 aliphatic carbocycles. The van der Waals surface area contributed by atoms with Gasteiger partial charge in [0.25, 0.3) is 5.91 Å². The van der Waals surface area contributed by atoms with Crippen LogP contribution in [0.5, 0.6) is 0 Å². The molecule has 1 unspecified atom stereocenters. The second kappa shape index (κ2) is 20.4. The number of aliphatic hydroxyl groups is 1. The zero-order valence-corrected chi connectivity index (χ0v) is 19.7. The molecule has 1 aliphatic rings. The molecule has 1 aliphatic heterocycles. The second-order valence-electron chi connectivity index (χ2n) is 5.96. The van der Waals surface area contributed by atoms with Crippen LogP contribution >= 0.6 is 0 Å². The number of nitrogens with one attached hydrogen (secondary N) is 1. The van der Waals surface area contributed by atoms with E-state index < -0.39 is 0 Å². The Hall–Kier alpha value is -2.34. The van der Waals surface area contributed by atoms with Crippen LogP contribution in [0.4, 0.5) is 0 Å². The van der Waals surface area contributed by atoms with Crippen LogP contribution in [0.2, 0.25) is 0 Å². The number of methoxy groups -OCH3 is 1. The van der Waals surface area contributed by atoms with E-state index >= 15 is 0 Å². The first-order valence-corrected chi connectivity index (χ1v) is 10.1. The molecule has 0 radical (unpaired) electrons. The highest BCUT2D eigenvalue weighted by Gasteiger charge is 2.21. The van der Waals surface area contributed by atoms with E-state index in [0.717, 1.165) is 29.9 Å². The van der Waals surface area contributed by atoms with E-state index in [4.69, 9.17) is 5.11 Å². The molecule has 6 nitrogen and oxygen atoms in total. The number of carbonyl (C=O) groups excluding carboxylic acids is 2. The third-order valence-electron chi connectivity index (χ3n) is 3.53. The van der Waals surface area contributed by atoms with E-state index in [1.807, 2.05) is 20.8 Å². The van der Waals surface area contributed by atoms with Crippen LogP contribution in [0.3, 0.4) is 0 Å². The molecule has 1 fully saturated rings. The first-order chi connectivity index (χ1) is 13.7. The molecule has 0 aromatic rings. The summed E-state index contributed by atoms with van der Waals surface area (Å²) in [6.45, 7) is 19.7. The van der Waals surface area contributed by atoms with Crippen molar-refractivity contribution in [3.8, 4) is 0 Å². The summed E-state index contributed by atoms with van der Waals surface area (Å²) in [4.78, 5) is 23.6. The first kappa shape index (κ1) is 31.4. The summed E-state index contributed by atoms with van der Waals surface area (Å²) in [5.41, 5.74) is 1.25. The normalized spacial score (nSPS) is 15.2. The van der Waals surface area contributed by atoms with Crippen molar-refractivity contribution in [1.82, 2.24) is 10.2 Å². The van der Waals surface area contributed by atoms with E-state index in [-0.39, 0.29) is 23.8 Å². The Bertz CT molecular complexity index is 545. The maximum Gasteiger partial charge on any atom is 0.322 e. The molecule has 1 rings (SSSR count). The van der Waals surface area contributed by atoms with Crippen LogP contribution in [0.25, 0.3) is 0 Å². The number of rotatable bonds is 5. The predicted octanol–water partition coefficient (Wildman–Crippen LogP) is 4.91. The summed E-state index contributed by atoms with van der Waals surface area (Å²) in [6.07, 6.45) is 8.29. The molecular formula is C23H42N2O4. The highest BCUT2D eigenvalue weighted by molar-refractivity contribution is 5.98. The number of allylic oxidation sites excluding steroid dienone is 3. The summed E-state index contributed by atoms with van der Waals surface area (Å²) in [5, 5.41) is 12.1. The molecule has 29 heavy (non-hydrogen) atoms. The highest BCUT2D eigenvalue weighted by Crippen LogP contribution is 2.12. The Morgan fingerprint density at radius 1 is 1.31 bits per heavy atom. The largest absolute Gasteiger partial charge is 0.495 e. The van der Waals surface area contributed by atoms with Crippen molar-refractivity contribution in [3.05, 3.63) is 48.4 Å². The Morgan fingerprint density at radius 2 is 1.83 bits per heavy atom. The van der Waals surface area contributed by atoms with Gasteiger partial charge in [-0.3, -0.25) is 14.5 Å². The fraction of sp³-hybridized carbons (Fsp3) is 0.565. The molecule has 0 aromatic carbocycles. The zero-order chi connectivity index (χ0) is 23.4. The number of carbonyl (C=O) groups is 2. The predicted molar refractivity (Wildman–Crippen MR) is 123 cm³/mol. The van der Waals surface area contributed by atoms with Crippen LogP contribution < -0.4 is 5.32 Å². The van der Waals surface area contributed by atoms with Crippen LogP contribution in [0.1, 0.15) is 60.8 Å². The minimum Gasteiger partial charge on any atom is -0.495 e. The number of likely N-dealkylation sites (N-methyl/N-ethyl adjacent to an activating group) is 1. The quantitative estimate of drug-likeness (QED) is 0.291. The van der Waals surface area contributed by atoms with Crippen molar-refractivity contribution in [2.45, 2.75) is 66.8 Å². The van der Waals surface area contributed by atoms with Gasteiger partial charge in [0.1, 0.15) is 6.04 Å².